The van der Waals surface area contributed by atoms with E-state index in [4.69, 9.17) is 4.52 Å². The fourth-order valence-electron chi connectivity index (χ4n) is 2.21. The average Bonchev–Trinajstić information content (AvgIpc) is 2.93. The van der Waals surface area contributed by atoms with Gasteiger partial charge < -0.3 is 9.84 Å². The monoisotopic (exact) mass is 335 g/mol. The third-order valence-electron chi connectivity index (χ3n) is 3.50. The molecular weight excluding hydrogens is 321 g/mol. The number of pyridine rings is 1. The van der Waals surface area contributed by atoms with E-state index < -0.39 is 11.7 Å². The largest absolute Gasteiger partial charge is 0.360 e. The molecule has 0 spiro atoms. The lowest BCUT2D eigenvalue weighted by Crippen LogP contribution is -2.14. The van der Waals surface area contributed by atoms with Crippen LogP contribution in [-0.4, -0.2) is 16.0 Å². The van der Waals surface area contributed by atoms with Gasteiger partial charge in [0.05, 0.1) is 28.7 Å². The average molecular weight is 335 g/mol. The Labute approximate surface area is 143 Å². The number of aromatic nitrogens is 2. The first-order chi connectivity index (χ1) is 12.0. The number of amides is 1. The second-order valence-electron chi connectivity index (χ2n) is 5.34. The van der Waals surface area contributed by atoms with E-state index in [2.05, 4.69) is 27.3 Å². The van der Waals surface area contributed by atoms with Gasteiger partial charge >= 0.3 is 0 Å². The second kappa shape index (κ2) is 6.97. The number of nitrogens with zero attached hydrogens (tertiary/aromatic N) is 2. The molecule has 6 heteroatoms. The Kier molecular flexibility index (Phi) is 4.57. The highest BCUT2D eigenvalue weighted by atomic mass is 19.1. The number of hydrogen-bond acceptors (Lipinski definition) is 4. The number of anilines is 1. The molecule has 3 rings (SSSR count). The van der Waals surface area contributed by atoms with Crippen LogP contribution >= 0.6 is 0 Å². The topological polar surface area (TPSA) is 68.0 Å². The summed E-state index contributed by atoms with van der Waals surface area (Å²) in [6, 6.07) is 7.49. The molecule has 0 bridgehead atoms. The molecule has 0 radical (unpaired) electrons. The van der Waals surface area contributed by atoms with Crippen LogP contribution in [0.5, 0.6) is 0 Å². The molecule has 3 aromatic rings. The van der Waals surface area contributed by atoms with Crippen molar-refractivity contribution in [3.63, 3.8) is 0 Å². The number of aryl methyl sites for hydroxylation is 2. The molecular formula is C19H14FN3O2. The molecule has 1 aromatic carbocycles. The van der Waals surface area contributed by atoms with E-state index >= 15 is 0 Å². The molecule has 0 unspecified atom stereocenters. The Balaban J connectivity index is 1.87. The molecule has 25 heavy (non-hydrogen) atoms. The van der Waals surface area contributed by atoms with Crippen LogP contribution in [0.3, 0.4) is 0 Å². The van der Waals surface area contributed by atoms with Gasteiger partial charge in [-0.15, -0.1) is 0 Å². The Hall–Kier alpha value is -3.46. The lowest BCUT2D eigenvalue weighted by molar-refractivity contribution is 0.102. The number of halogens is 1. The van der Waals surface area contributed by atoms with Crippen molar-refractivity contribution < 1.29 is 13.7 Å². The van der Waals surface area contributed by atoms with Gasteiger partial charge in [0.2, 0.25) is 0 Å². The molecule has 1 N–H and O–H groups in total. The van der Waals surface area contributed by atoms with E-state index in [0.717, 1.165) is 0 Å². The molecule has 1 amide bonds. The van der Waals surface area contributed by atoms with Crippen molar-refractivity contribution in [2.75, 3.05) is 5.32 Å². The lowest BCUT2D eigenvalue weighted by Gasteiger charge is -2.06. The summed E-state index contributed by atoms with van der Waals surface area (Å²) in [7, 11) is 0. The SMILES string of the molecule is Cc1noc(C)c1C#Cc1ccc(F)c(C(=O)Nc2cccnc2)c1. The first kappa shape index (κ1) is 16.4. The molecule has 0 aliphatic heterocycles. The van der Waals surface area contributed by atoms with Gasteiger partial charge in [0.1, 0.15) is 11.6 Å². The van der Waals surface area contributed by atoms with Crippen molar-refractivity contribution in [2.24, 2.45) is 0 Å². The van der Waals surface area contributed by atoms with Crippen LogP contribution in [0.1, 0.15) is 32.9 Å². The van der Waals surface area contributed by atoms with Crippen LogP contribution < -0.4 is 5.32 Å². The van der Waals surface area contributed by atoms with Crippen molar-refractivity contribution in [3.8, 4) is 11.8 Å². The van der Waals surface area contributed by atoms with Crippen LogP contribution in [0, 0.1) is 31.5 Å². The molecule has 0 saturated heterocycles. The fourth-order valence-corrected chi connectivity index (χ4v) is 2.21. The fraction of sp³-hybridized carbons (Fsp3) is 0.105. The highest BCUT2D eigenvalue weighted by Gasteiger charge is 2.13. The van der Waals surface area contributed by atoms with Gasteiger partial charge in [-0.05, 0) is 44.2 Å². The summed E-state index contributed by atoms with van der Waals surface area (Å²) in [6.07, 6.45) is 3.07. The highest BCUT2D eigenvalue weighted by molar-refractivity contribution is 6.04. The van der Waals surface area contributed by atoms with Gasteiger partial charge in [0, 0.05) is 11.8 Å². The quantitative estimate of drug-likeness (QED) is 0.728. The predicted molar refractivity (Wildman–Crippen MR) is 90.5 cm³/mol. The Bertz CT molecular complexity index is 965. The van der Waals surface area contributed by atoms with E-state index in [1.54, 1.807) is 32.2 Å². The standard InChI is InChI=1S/C19H14FN3O2/c1-12-16(13(2)25-23-12)7-5-14-6-8-18(20)17(10-14)19(24)22-15-4-3-9-21-11-15/h3-4,6,8-11H,1-2H3,(H,22,24). The number of benzene rings is 1. The summed E-state index contributed by atoms with van der Waals surface area (Å²) in [5.41, 5.74) is 2.28. The van der Waals surface area contributed by atoms with E-state index in [1.807, 2.05) is 0 Å². The zero-order valence-corrected chi connectivity index (χ0v) is 13.6. The van der Waals surface area contributed by atoms with Crippen molar-refractivity contribution in [3.05, 3.63) is 76.7 Å². The van der Waals surface area contributed by atoms with Gasteiger partial charge in [-0.3, -0.25) is 9.78 Å². The minimum absolute atomic E-state index is 0.0885. The third-order valence-corrected chi connectivity index (χ3v) is 3.50. The van der Waals surface area contributed by atoms with Gasteiger partial charge in [-0.2, -0.15) is 0 Å². The Morgan fingerprint density at radius 3 is 2.76 bits per heavy atom. The first-order valence-corrected chi connectivity index (χ1v) is 7.50. The molecule has 0 aliphatic carbocycles. The summed E-state index contributed by atoms with van der Waals surface area (Å²) in [5.74, 6) is 5.28. The normalized spacial score (nSPS) is 10.0. The van der Waals surface area contributed by atoms with Crippen LogP contribution in [0.4, 0.5) is 10.1 Å². The van der Waals surface area contributed by atoms with E-state index in [-0.39, 0.29) is 5.56 Å². The smallest absolute Gasteiger partial charge is 0.258 e. The first-order valence-electron chi connectivity index (χ1n) is 7.50. The minimum atomic E-state index is -0.621. The molecule has 0 atom stereocenters. The van der Waals surface area contributed by atoms with Crippen molar-refractivity contribution in [2.45, 2.75) is 13.8 Å². The van der Waals surface area contributed by atoms with Gasteiger partial charge in [0.25, 0.3) is 5.91 Å². The third kappa shape index (κ3) is 3.72. The van der Waals surface area contributed by atoms with Crippen molar-refractivity contribution in [1.29, 1.82) is 0 Å². The Morgan fingerprint density at radius 1 is 1.24 bits per heavy atom. The number of carbonyl (C=O) groups excluding carboxylic acids is 1. The summed E-state index contributed by atoms with van der Waals surface area (Å²) in [6.45, 7) is 3.55. The second-order valence-corrected chi connectivity index (χ2v) is 5.34. The number of hydrogen-bond donors (Lipinski definition) is 1. The lowest BCUT2D eigenvalue weighted by atomic mass is 10.1. The van der Waals surface area contributed by atoms with Crippen LogP contribution in [0.15, 0.2) is 47.2 Å². The van der Waals surface area contributed by atoms with Crippen LogP contribution in [0.2, 0.25) is 0 Å². The number of carbonyl (C=O) groups is 1. The summed E-state index contributed by atoms with van der Waals surface area (Å²) >= 11 is 0. The maximum absolute atomic E-state index is 14.0. The van der Waals surface area contributed by atoms with Crippen molar-refractivity contribution in [1.82, 2.24) is 10.1 Å². The molecule has 124 valence electrons. The maximum Gasteiger partial charge on any atom is 0.258 e. The molecule has 5 nitrogen and oxygen atoms in total. The zero-order chi connectivity index (χ0) is 17.8. The van der Waals surface area contributed by atoms with Crippen LogP contribution in [-0.2, 0) is 0 Å². The van der Waals surface area contributed by atoms with E-state index in [9.17, 15) is 9.18 Å². The minimum Gasteiger partial charge on any atom is -0.360 e. The van der Waals surface area contributed by atoms with Crippen LogP contribution in [0.25, 0.3) is 0 Å². The predicted octanol–water partition coefficient (Wildman–Crippen LogP) is 3.48. The number of nitrogens with one attached hydrogen (secondary N) is 1. The summed E-state index contributed by atoms with van der Waals surface area (Å²) < 4.78 is 19.1. The number of rotatable bonds is 2. The van der Waals surface area contributed by atoms with Gasteiger partial charge in [0.15, 0.2) is 0 Å². The Morgan fingerprint density at radius 2 is 2.08 bits per heavy atom. The van der Waals surface area contributed by atoms with E-state index in [1.165, 1.54) is 24.4 Å². The van der Waals surface area contributed by atoms with Gasteiger partial charge in [-0.25, -0.2) is 4.39 Å². The molecule has 0 fully saturated rings. The van der Waals surface area contributed by atoms with E-state index in [0.29, 0.717) is 28.3 Å². The highest BCUT2D eigenvalue weighted by Crippen LogP contribution is 2.14. The van der Waals surface area contributed by atoms with Gasteiger partial charge in [-0.1, -0.05) is 17.0 Å². The molecule has 0 saturated carbocycles. The molecule has 2 aromatic heterocycles. The summed E-state index contributed by atoms with van der Waals surface area (Å²) in [4.78, 5) is 16.2. The molecule has 2 heterocycles. The zero-order valence-electron chi connectivity index (χ0n) is 13.6. The van der Waals surface area contributed by atoms with Crippen molar-refractivity contribution >= 4 is 11.6 Å². The maximum atomic E-state index is 14.0. The molecule has 0 aliphatic rings. The summed E-state index contributed by atoms with van der Waals surface area (Å²) in [5, 5.41) is 6.43.